The molecule has 2 amide bonds. The Kier molecular flexibility index (Phi) is 7.18. The molecular formula is C20H18BrN3O4. The van der Waals surface area contributed by atoms with E-state index in [4.69, 9.17) is 9.47 Å². The third kappa shape index (κ3) is 5.34. The third-order valence-corrected chi connectivity index (χ3v) is 4.32. The molecule has 0 atom stereocenters. The van der Waals surface area contributed by atoms with Crippen molar-refractivity contribution in [3.8, 4) is 17.6 Å². The maximum Gasteiger partial charge on any atom is 0.266 e. The number of benzene rings is 2. The number of hydrogen-bond acceptors (Lipinski definition) is 5. The molecule has 0 heterocycles. The van der Waals surface area contributed by atoms with E-state index in [1.54, 1.807) is 36.4 Å². The fourth-order valence-electron chi connectivity index (χ4n) is 2.32. The number of halogens is 1. The summed E-state index contributed by atoms with van der Waals surface area (Å²) >= 11 is 3.40. The van der Waals surface area contributed by atoms with E-state index in [-0.39, 0.29) is 11.5 Å². The molecule has 2 N–H and O–H groups in total. The second-order valence-electron chi connectivity index (χ2n) is 5.61. The first kappa shape index (κ1) is 21.0. The van der Waals surface area contributed by atoms with Crippen LogP contribution in [0.3, 0.4) is 0 Å². The van der Waals surface area contributed by atoms with Gasteiger partial charge in [-0.1, -0.05) is 15.9 Å². The second-order valence-corrected chi connectivity index (χ2v) is 6.47. The summed E-state index contributed by atoms with van der Waals surface area (Å²) in [6, 6.07) is 11.8. The molecule has 0 aliphatic heterocycles. The van der Waals surface area contributed by atoms with Crippen LogP contribution in [0.15, 0.2) is 46.4 Å². The molecule has 2 aromatic rings. The molecule has 8 heteroatoms. The maximum absolute atomic E-state index is 12.5. The van der Waals surface area contributed by atoms with E-state index >= 15 is 0 Å². The van der Waals surface area contributed by atoms with Crippen LogP contribution >= 0.6 is 15.9 Å². The van der Waals surface area contributed by atoms with E-state index in [1.807, 2.05) is 6.07 Å². The number of carbonyl (C=O) groups excluding carboxylic acids is 2. The average molecular weight is 444 g/mol. The summed E-state index contributed by atoms with van der Waals surface area (Å²) in [7, 11) is 3.02. The Morgan fingerprint density at radius 2 is 1.57 bits per heavy atom. The van der Waals surface area contributed by atoms with Crippen LogP contribution in [0.25, 0.3) is 6.08 Å². The monoisotopic (exact) mass is 443 g/mol. The van der Waals surface area contributed by atoms with Crippen molar-refractivity contribution in [3.05, 3.63) is 52.0 Å². The smallest absolute Gasteiger partial charge is 0.266 e. The molecule has 0 spiro atoms. The molecule has 28 heavy (non-hydrogen) atoms. The highest BCUT2D eigenvalue weighted by atomic mass is 79.9. The van der Waals surface area contributed by atoms with Crippen molar-refractivity contribution in [1.82, 2.24) is 0 Å². The Balaban J connectivity index is 2.24. The first-order valence-corrected chi connectivity index (χ1v) is 8.89. The van der Waals surface area contributed by atoms with Gasteiger partial charge in [0.1, 0.15) is 11.6 Å². The zero-order valence-corrected chi connectivity index (χ0v) is 17.1. The van der Waals surface area contributed by atoms with Gasteiger partial charge in [-0.2, -0.15) is 5.26 Å². The standard InChI is InChI=1S/C20H18BrN3O4/c1-12(25)23-15-4-6-16(7-5-15)24-20(26)14(11-22)8-13-9-18(27-2)19(28-3)10-17(13)21/h4-10H,1-3H3,(H,23,25)(H,24,26)/b14-8+. The van der Waals surface area contributed by atoms with Crippen molar-refractivity contribution in [2.75, 3.05) is 24.9 Å². The number of carbonyl (C=O) groups is 2. The fourth-order valence-corrected chi connectivity index (χ4v) is 2.76. The number of ether oxygens (including phenoxy) is 2. The maximum atomic E-state index is 12.5. The Hall–Kier alpha value is -3.31. The number of methoxy groups -OCH3 is 2. The summed E-state index contributed by atoms with van der Waals surface area (Å²) in [5.74, 6) is 0.250. The molecule has 0 aliphatic carbocycles. The minimum absolute atomic E-state index is 0.0844. The molecule has 0 bridgehead atoms. The summed E-state index contributed by atoms with van der Waals surface area (Å²) in [5, 5.41) is 14.7. The minimum atomic E-state index is -0.559. The van der Waals surface area contributed by atoms with Crippen LogP contribution in [-0.4, -0.2) is 26.0 Å². The number of rotatable bonds is 6. The van der Waals surface area contributed by atoms with Crippen molar-refractivity contribution in [3.63, 3.8) is 0 Å². The van der Waals surface area contributed by atoms with Gasteiger partial charge in [0.2, 0.25) is 5.91 Å². The van der Waals surface area contributed by atoms with Gasteiger partial charge in [0.05, 0.1) is 14.2 Å². The fraction of sp³-hybridized carbons (Fsp3) is 0.150. The highest BCUT2D eigenvalue weighted by Crippen LogP contribution is 2.34. The second kappa shape index (κ2) is 9.58. The molecule has 7 nitrogen and oxygen atoms in total. The van der Waals surface area contributed by atoms with E-state index in [1.165, 1.54) is 27.2 Å². The highest BCUT2D eigenvalue weighted by Gasteiger charge is 2.13. The van der Waals surface area contributed by atoms with Gasteiger partial charge < -0.3 is 20.1 Å². The van der Waals surface area contributed by atoms with Crippen molar-refractivity contribution in [1.29, 1.82) is 5.26 Å². The molecular weight excluding hydrogens is 426 g/mol. The van der Waals surface area contributed by atoms with Gasteiger partial charge in [0.15, 0.2) is 11.5 Å². The Morgan fingerprint density at radius 3 is 2.07 bits per heavy atom. The SMILES string of the molecule is COc1cc(Br)c(/C=C(\C#N)C(=O)Nc2ccc(NC(C)=O)cc2)cc1OC. The first-order valence-electron chi connectivity index (χ1n) is 8.10. The van der Waals surface area contributed by atoms with Gasteiger partial charge in [-0.15, -0.1) is 0 Å². The van der Waals surface area contributed by atoms with Crippen LogP contribution in [0.2, 0.25) is 0 Å². The molecule has 0 aromatic heterocycles. The number of nitrogens with one attached hydrogen (secondary N) is 2. The van der Waals surface area contributed by atoms with Crippen LogP contribution in [-0.2, 0) is 9.59 Å². The lowest BCUT2D eigenvalue weighted by Gasteiger charge is -2.10. The Bertz CT molecular complexity index is 963. The summed E-state index contributed by atoms with van der Waals surface area (Å²) in [4.78, 5) is 23.5. The van der Waals surface area contributed by atoms with Gasteiger partial charge in [-0.3, -0.25) is 9.59 Å². The van der Waals surface area contributed by atoms with E-state index in [0.717, 1.165) is 0 Å². The predicted molar refractivity (Wildman–Crippen MR) is 110 cm³/mol. The van der Waals surface area contributed by atoms with Gasteiger partial charge in [-0.05, 0) is 48.0 Å². The Morgan fingerprint density at radius 1 is 1.04 bits per heavy atom. The van der Waals surface area contributed by atoms with Gasteiger partial charge >= 0.3 is 0 Å². The highest BCUT2D eigenvalue weighted by molar-refractivity contribution is 9.10. The van der Waals surface area contributed by atoms with Crippen molar-refractivity contribution >= 4 is 45.2 Å². The molecule has 0 saturated carbocycles. The lowest BCUT2D eigenvalue weighted by Crippen LogP contribution is -2.13. The molecule has 2 rings (SSSR count). The van der Waals surface area contributed by atoms with Crippen LogP contribution in [0.5, 0.6) is 11.5 Å². The number of nitriles is 1. The molecule has 0 radical (unpaired) electrons. The Labute approximate surface area is 171 Å². The normalized spacial score (nSPS) is 10.6. The van der Waals surface area contributed by atoms with Crippen molar-refractivity contribution in [2.45, 2.75) is 6.92 Å². The van der Waals surface area contributed by atoms with Crippen LogP contribution in [0, 0.1) is 11.3 Å². The number of nitrogens with zero attached hydrogens (tertiary/aromatic N) is 1. The lowest BCUT2D eigenvalue weighted by atomic mass is 10.1. The first-order chi connectivity index (χ1) is 13.4. The minimum Gasteiger partial charge on any atom is -0.493 e. The van der Waals surface area contributed by atoms with Crippen LogP contribution in [0.1, 0.15) is 12.5 Å². The van der Waals surface area contributed by atoms with E-state index in [0.29, 0.717) is 32.9 Å². The number of anilines is 2. The summed E-state index contributed by atoms with van der Waals surface area (Å²) in [5.41, 5.74) is 1.60. The van der Waals surface area contributed by atoms with E-state index < -0.39 is 5.91 Å². The predicted octanol–water partition coefficient (Wildman–Crippen LogP) is 3.97. The molecule has 0 fully saturated rings. The van der Waals surface area contributed by atoms with E-state index in [9.17, 15) is 14.9 Å². The summed E-state index contributed by atoms with van der Waals surface area (Å²) < 4.78 is 11.1. The molecule has 0 unspecified atom stereocenters. The van der Waals surface area contributed by atoms with Gasteiger partial charge in [0, 0.05) is 22.8 Å². The van der Waals surface area contributed by atoms with Gasteiger partial charge in [0.25, 0.3) is 5.91 Å². The zero-order chi connectivity index (χ0) is 20.7. The topological polar surface area (TPSA) is 100 Å². The molecule has 144 valence electrons. The number of amides is 2. The van der Waals surface area contributed by atoms with Crippen LogP contribution < -0.4 is 20.1 Å². The van der Waals surface area contributed by atoms with Crippen LogP contribution in [0.4, 0.5) is 11.4 Å². The summed E-state index contributed by atoms with van der Waals surface area (Å²) in [6.07, 6.45) is 1.45. The lowest BCUT2D eigenvalue weighted by molar-refractivity contribution is -0.114. The average Bonchev–Trinajstić information content (AvgIpc) is 2.67. The number of hydrogen-bond donors (Lipinski definition) is 2. The largest absolute Gasteiger partial charge is 0.493 e. The van der Waals surface area contributed by atoms with E-state index in [2.05, 4.69) is 26.6 Å². The van der Waals surface area contributed by atoms with Crippen molar-refractivity contribution in [2.24, 2.45) is 0 Å². The van der Waals surface area contributed by atoms with Gasteiger partial charge in [-0.25, -0.2) is 0 Å². The third-order valence-electron chi connectivity index (χ3n) is 3.63. The molecule has 2 aromatic carbocycles. The summed E-state index contributed by atoms with van der Waals surface area (Å²) in [6.45, 7) is 1.41. The zero-order valence-electron chi connectivity index (χ0n) is 15.5. The molecule has 0 aliphatic rings. The molecule has 0 saturated heterocycles. The quantitative estimate of drug-likeness (QED) is 0.519. The van der Waals surface area contributed by atoms with Crippen molar-refractivity contribution < 1.29 is 19.1 Å².